The number of nitrogens with zero attached hydrogens (tertiary/aromatic N) is 5. The van der Waals surface area contributed by atoms with E-state index in [2.05, 4.69) is 34.4 Å². The molecule has 0 spiro atoms. The summed E-state index contributed by atoms with van der Waals surface area (Å²) in [7, 11) is 0. The highest BCUT2D eigenvalue weighted by atomic mass is 32.1. The van der Waals surface area contributed by atoms with Crippen LogP contribution < -0.4 is 0 Å². The second-order valence-corrected chi connectivity index (χ2v) is 6.08. The van der Waals surface area contributed by atoms with Gasteiger partial charge in [-0.2, -0.15) is 4.68 Å². The van der Waals surface area contributed by atoms with Crippen LogP contribution in [0.2, 0.25) is 0 Å². The second-order valence-electron chi connectivity index (χ2n) is 5.09. The van der Waals surface area contributed by atoms with E-state index in [-0.39, 0.29) is 0 Å². The summed E-state index contributed by atoms with van der Waals surface area (Å²) < 4.78 is 1.69. The van der Waals surface area contributed by atoms with Crippen molar-refractivity contribution in [2.24, 2.45) is 0 Å². The maximum atomic E-state index is 11.1. The van der Waals surface area contributed by atoms with E-state index in [0.29, 0.717) is 22.7 Å². The van der Waals surface area contributed by atoms with E-state index in [1.165, 1.54) is 17.8 Å². The topological polar surface area (TPSA) is 73.6 Å². The summed E-state index contributed by atoms with van der Waals surface area (Å²) in [5.74, 6) is 0.717. The SMILES string of the molecule is CC(C)c1nnc(-n2nnc(C=O)c2C2CCC2)s1. The molecule has 1 aliphatic rings. The van der Waals surface area contributed by atoms with Gasteiger partial charge in [0, 0.05) is 11.8 Å². The third kappa shape index (κ3) is 2.07. The lowest BCUT2D eigenvalue weighted by Gasteiger charge is -2.25. The molecule has 0 N–H and O–H groups in total. The van der Waals surface area contributed by atoms with Crippen LogP contribution in [0.1, 0.15) is 66.1 Å². The molecule has 0 bridgehead atoms. The van der Waals surface area contributed by atoms with Crippen molar-refractivity contribution >= 4 is 17.6 Å². The van der Waals surface area contributed by atoms with E-state index in [1.54, 1.807) is 4.68 Å². The molecule has 100 valence electrons. The maximum absolute atomic E-state index is 11.1. The third-order valence-corrected chi connectivity index (χ3v) is 4.64. The fourth-order valence-electron chi connectivity index (χ4n) is 2.14. The molecule has 0 aliphatic heterocycles. The van der Waals surface area contributed by atoms with Gasteiger partial charge in [-0.05, 0) is 12.8 Å². The van der Waals surface area contributed by atoms with Gasteiger partial charge in [-0.15, -0.1) is 15.3 Å². The first-order chi connectivity index (χ1) is 9.20. The van der Waals surface area contributed by atoms with Gasteiger partial charge in [0.05, 0.1) is 5.69 Å². The summed E-state index contributed by atoms with van der Waals surface area (Å²) in [6, 6.07) is 0. The van der Waals surface area contributed by atoms with Crippen molar-refractivity contribution in [3.8, 4) is 5.13 Å². The van der Waals surface area contributed by atoms with Crippen LogP contribution in [0.25, 0.3) is 5.13 Å². The Labute approximate surface area is 114 Å². The molecule has 0 aromatic carbocycles. The first-order valence-electron chi connectivity index (χ1n) is 6.45. The van der Waals surface area contributed by atoms with Gasteiger partial charge >= 0.3 is 0 Å². The standard InChI is InChI=1S/C12H15N5OS/c1-7(2)11-14-15-12(19-11)17-10(8-4-3-5-8)9(6-18)13-16-17/h6-8H,3-5H2,1-2H3. The summed E-state index contributed by atoms with van der Waals surface area (Å²) in [4.78, 5) is 11.1. The van der Waals surface area contributed by atoms with Gasteiger partial charge in [-0.25, -0.2) is 0 Å². The highest BCUT2D eigenvalue weighted by Gasteiger charge is 2.29. The summed E-state index contributed by atoms with van der Waals surface area (Å²) >= 11 is 1.51. The Morgan fingerprint density at radius 1 is 1.32 bits per heavy atom. The minimum Gasteiger partial charge on any atom is -0.296 e. The quantitative estimate of drug-likeness (QED) is 0.802. The molecule has 0 amide bonds. The number of hydrogen-bond donors (Lipinski definition) is 0. The number of aromatic nitrogens is 5. The van der Waals surface area contributed by atoms with Gasteiger partial charge in [-0.1, -0.05) is 36.8 Å². The van der Waals surface area contributed by atoms with E-state index in [1.807, 2.05) is 0 Å². The van der Waals surface area contributed by atoms with E-state index in [4.69, 9.17) is 0 Å². The predicted molar refractivity (Wildman–Crippen MR) is 70.9 cm³/mol. The Morgan fingerprint density at radius 2 is 2.11 bits per heavy atom. The third-order valence-electron chi connectivity index (χ3n) is 3.44. The molecule has 0 radical (unpaired) electrons. The molecule has 0 saturated heterocycles. The molecule has 7 heteroatoms. The Balaban J connectivity index is 2.03. The van der Waals surface area contributed by atoms with Crippen LogP contribution in [0.4, 0.5) is 0 Å². The van der Waals surface area contributed by atoms with Crippen LogP contribution >= 0.6 is 11.3 Å². The number of aldehydes is 1. The lowest BCUT2D eigenvalue weighted by atomic mass is 9.82. The van der Waals surface area contributed by atoms with Crippen LogP contribution in [0.5, 0.6) is 0 Å². The first-order valence-corrected chi connectivity index (χ1v) is 7.27. The van der Waals surface area contributed by atoms with E-state index in [0.717, 1.165) is 29.8 Å². The maximum Gasteiger partial charge on any atom is 0.234 e. The fourth-order valence-corrected chi connectivity index (χ4v) is 2.94. The first kappa shape index (κ1) is 12.4. The highest BCUT2D eigenvalue weighted by Crippen LogP contribution is 2.38. The summed E-state index contributed by atoms with van der Waals surface area (Å²) in [5, 5.41) is 18.0. The molecule has 2 aromatic heterocycles. The molecule has 0 atom stereocenters. The monoisotopic (exact) mass is 277 g/mol. The molecular weight excluding hydrogens is 262 g/mol. The smallest absolute Gasteiger partial charge is 0.234 e. The highest BCUT2D eigenvalue weighted by molar-refractivity contribution is 7.13. The molecule has 1 fully saturated rings. The van der Waals surface area contributed by atoms with Crippen molar-refractivity contribution in [3.05, 3.63) is 16.4 Å². The summed E-state index contributed by atoms with van der Waals surface area (Å²) in [6.45, 7) is 4.16. The Bertz CT molecular complexity index is 599. The van der Waals surface area contributed by atoms with Gasteiger partial charge in [0.25, 0.3) is 0 Å². The lowest BCUT2D eigenvalue weighted by Crippen LogP contribution is -2.15. The molecule has 0 unspecified atom stereocenters. The van der Waals surface area contributed by atoms with Crippen molar-refractivity contribution in [1.29, 1.82) is 0 Å². The number of carbonyl (C=O) groups excluding carboxylic acids is 1. The average molecular weight is 277 g/mol. The van der Waals surface area contributed by atoms with Crippen molar-refractivity contribution in [3.63, 3.8) is 0 Å². The van der Waals surface area contributed by atoms with Gasteiger partial charge in [0.2, 0.25) is 5.13 Å². The normalized spacial score (nSPS) is 15.7. The average Bonchev–Trinajstić information content (AvgIpc) is 2.92. The van der Waals surface area contributed by atoms with Crippen LogP contribution in [-0.4, -0.2) is 31.5 Å². The lowest BCUT2D eigenvalue weighted by molar-refractivity contribution is 0.111. The largest absolute Gasteiger partial charge is 0.296 e. The predicted octanol–water partition coefficient (Wildman–Crippen LogP) is 2.32. The Morgan fingerprint density at radius 3 is 2.63 bits per heavy atom. The molecule has 2 heterocycles. The number of carbonyl (C=O) groups is 1. The molecular formula is C12H15N5OS. The van der Waals surface area contributed by atoms with E-state index in [9.17, 15) is 4.79 Å². The molecule has 1 aliphatic carbocycles. The van der Waals surface area contributed by atoms with Crippen molar-refractivity contribution in [1.82, 2.24) is 25.2 Å². The molecule has 19 heavy (non-hydrogen) atoms. The van der Waals surface area contributed by atoms with Crippen LogP contribution in [-0.2, 0) is 0 Å². The van der Waals surface area contributed by atoms with Crippen LogP contribution in [0, 0.1) is 0 Å². The minimum atomic E-state index is 0.340. The van der Waals surface area contributed by atoms with E-state index >= 15 is 0 Å². The van der Waals surface area contributed by atoms with Gasteiger partial charge in [-0.3, -0.25) is 4.79 Å². The molecule has 6 nitrogen and oxygen atoms in total. The molecule has 3 rings (SSSR count). The van der Waals surface area contributed by atoms with Crippen molar-refractivity contribution in [2.75, 3.05) is 0 Å². The van der Waals surface area contributed by atoms with Crippen molar-refractivity contribution < 1.29 is 4.79 Å². The second kappa shape index (κ2) is 4.80. The molecule has 2 aromatic rings. The van der Waals surface area contributed by atoms with Crippen molar-refractivity contribution in [2.45, 2.75) is 44.9 Å². The minimum absolute atomic E-state index is 0.340. The fraction of sp³-hybridized carbons (Fsp3) is 0.583. The summed E-state index contributed by atoms with van der Waals surface area (Å²) in [6.07, 6.45) is 4.15. The Hall–Kier alpha value is -1.63. The van der Waals surface area contributed by atoms with Gasteiger partial charge in [0.15, 0.2) is 6.29 Å². The zero-order valence-electron chi connectivity index (χ0n) is 10.9. The van der Waals surface area contributed by atoms with Gasteiger partial charge in [0.1, 0.15) is 10.7 Å². The summed E-state index contributed by atoms with van der Waals surface area (Å²) in [5.41, 5.74) is 1.33. The van der Waals surface area contributed by atoms with E-state index < -0.39 is 0 Å². The zero-order chi connectivity index (χ0) is 13.4. The van der Waals surface area contributed by atoms with Crippen LogP contribution in [0.3, 0.4) is 0 Å². The number of hydrogen-bond acceptors (Lipinski definition) is 6. The van der Waals surface area contributed by atoms with Crippen LogP contribution in [0.15, 0.2) is 0 Å². The Kier molecular flexibility index (Phi) is 3.14. The molecule has 1 saturated carbocycles. The zero-order valence-corrected chi connectivity index (χ0v) is 11.7. The number of rotatable bonds is 4. The van der Waals surface area contributed by atoms with Gasteiger partial charge < -0.3 is 0 Å².